The van der Waals surface area contributed by atoms with Crippen LogP contribution < -0.4 is 19.7 Å². The number of urea groups is 1. The number of amides is 4. The molecular weight excluding hydrogens is 685 g/mol. The van der Waals surface area contributed by atoms with Crippen LogP contribution in [0.4, 0.5) is 16.2 Å². The number of barbiturate groups is 1. The van der Waals surface area contributed by atoms with Crippen molar-refractivity contribution in [1.29, 1.82) is 0 Å². The molecule has 1 aliphatic rings. The molecule has 0 atom stereocenters. The molecule has 4 amide bonds. The van der Waals surface area contributed by atoms with Gasteiger partial charge in [-0.05, 0) is 102 Å². The monoisotopic (exact) mass is 705 g/mol. The van der Waals surface area contributed by atoms with E-state index in [2.05, 4.69) is 43.8 Å². The molecule has 0 bridgehead atoms. The van der Waals surface area contributed by atoms with Crippen LogP contribution in [-0.4, -0.2) is 29.4 Å². The lowest BCUT2D eigenvalue weighted by molar-refractivity contribution is -0.384. The molecule has 0 saturated carbocycles. The van der Waals surface area contributed by atoms with Crippen LogP contribution in [0.15, 0.2) is 64.6 Å². The molecule has 12 heteroatoms. The van der Waals surface area contributed by atoms with Gasteiger partial charge >= 0.3 is 6.03 Å². The first-order chi connectivity index (χ1) is 18.6. The number of non-ortho nitro benzene ring substituents is 1. The van der Waals surface area contributed by atoms with E-state index in [1.54, 1.807) is 56.3 Å². The molecule has 1 aliphatic heterocycles. The molecule has 10 nitrogen and oxygen atoms in total. The number of carbonyl (C=O) groups is 3. The number of nitrogens with one attached hydrogen (secondary N) is 1. The molecule has 0 aliphatic carbocycles. The van der Waals surface area contributed by atoms with Crippen LogP contribution in [0.1, 0.15) is 23.6 Å². The number of carbonyl (C=O) groups excluding carboxylic acids is 3. The third-order valence-electron chi connectivity index (χ3n) is 5.67. The summed E-state index contributed by atoms with van der Waals surface area (Å²) in [5.41, 5.74) is 2.02. The fraction of sp³-hybridized carbons (Fsp3) is 0.148. The number of aryl methyl sites for hydroxylation is 1. The number of halogens is 2. The maximum absolute atomic E-state index is 13.3. The highest BCUT2D eigenvalue weighted by Crippen LogP contribution is 2.36. The lowest BCUT2D eigenvalue weighted by Gasteiger charge is -2.27. The van der Waals surface area contributed by atoms with Gasteiger partial charge in [0.1, 0.15) is 12.2 Å². The molecule has 3 aromatic carbocycles. The first kappa shape index (κ1) is 28.2. The Hall–Kier alpha value is -3.78. The maximum Gasteiger partial charge on any atom is 0.335 e. The van der Waals surface area contributed by atoms with E-state index < -0.39 is 22.8 Å². The number of benzene rings is 3. The van der Waals surface area contributed by atoms with Crippen LogP contribution in [0.5, 0.6) is 11.5 Å². The van der Waals surface area contributed by atoms with Gasteiger partial charge in [-0.15, -0.1) is 0 Å². The third kappa shape index (κ3) is 6.28. The summed E-state index contributed by atoms with van der Waals surface area (Å²) < 4.78 is 13.2. The lowest BCUT2D eigenvalue weighted by atomic mass is 10.1. The number of ether oxygens (including phenoxy) is 2. The van der Waals surface area contributed by atoms with Crippen molar-refractivity contribution in [2.75, 3.05) is 11.5 Å². The van der Waals surface area contributed by atoms with E-state index >= 15 is 0 Å². The fourth-order valence-corrected chi connectivity index (χ4v) is 5.11. The second kappa shape index (κ2) is 11.9. The van der Waals surface area contributed by atoms with Crippen molar-refractivity contribution in [3.05, 3.63) is 95.0 Å². The molecule has 1 N–H and O–H groups in total. The number of hydrogen-bond acceptors (Lipinski definition) is 7. The Bertz CT molecular complexity index is 1520. The van der Waals surface area contributed by atoms with Gasteiger partial charge in [0, 0.05) is 16.6 Å². The van der Waals surface area contributed by atoms with Crippen molar-refractivity contribution < 1.29 is 28.8 Å². The minimum atomic E-state index is -0.827. The molecule has 1 fully saturated rings. The number of nitro benzene ring substituents is 1. The van der Waals surface area contributed by atoms with Crippen molar-refractivity contribution in [2.24, 2.45) is 0 Å². The summed E-state index contributed by atoms with van der Waals surface area (Å²) in [5, 5.41) is 13.1. The largest absolute Gasteiger partial charge is 0.490 e. The van der Waals surface area contributed by atoms with Gasteiger partial charge in [0.15, 0.2) is 11.5 Å². The highest BCUT2D eigenvalue weighted by atomic mass is 127. The third-order valence-corrected chi connectivity index (χ3v) is 6.97. The van der Waals surface area contributed by atoms with Crippen LogP contribution in [0.25, 0.3) is 6.08 Å². The van der Waals surface area contributed by atoms with E-state index in [1.165, 1.54) is 18.2 Å². The fourth-order valence-electron chi connectivity index (χ4n) is 3.86. The zero-order chi connectivity index (χ0) is 28.3. The molecule has 0 radical (unpaired) electrons. The van der Waals surface area contributed by atoms with E-state index in [0.717, 1.165) is 14.9 Å². The summed E-state index contributed by atoms with van der Waals surface area (Å²) in [6, 6.07) is 13.6. The van der Waals surface area contributed by atoms with Gasteiger partial charge in [0.25, 0.3) is 17.5 Å². The number of hydrogen-bond donors (Lipinski definition) is 1. The van der Waals surface area contributed by atoms with Crippen molar-refractivity contribution in [2.45, 2.75) is 20.5 Å². The summed E-state index contributed by atoms with van der Waals surface area (Å²) in [6.07, 6.45) is 1.40. The average molecular weight is 706 g/mol. The van der Waals surface area contributed by atoms with E-state index in [4.69, 9.17) is 9.47 Å². The molecule has 3 aromatic rings. The quantitative estimate of drug-likeness (QED) is 0.101. The molecule has 1 saturated heterocycles. The highest BCUT2D eigenvalue weighted by molar-refractivity contribution is 14.1. The summed E-state index contributed by atoms with van der Waals surface area (Å²) >= 11 is 5.42. The van der Waals surface area contributed by atoms with Crippen LogP contribution in [0.2, 0.25) is 0 Å². The van der Waals surface area contributed by atoms with Gasteiger partial charge in [-0.1, -0.05) is 15.9 Å². The highest BCUT2D eigenvalue weighted by Gasteiger charge is 2.37. The van der Waals surface area contributed by atoms with E-state index in [9.17, 15) is 24.5 Å². The van der Waals surface area contributed by atoms with Crippen molar-refractivity contribution in [3.63, 3.8) is 0 Å². The number of nitrogens with zero attached hydrogens (tertiary/aromatic N) is 2. The van der Waals surface area contributed by atoms with Crippen molar-refractivity contribution in [1.82, 2.24) is 5.32 Å². The van der Waals surface area contributed by atoms with Crippen molar-refractivity contribution in [3.8, 4) is 11.5 Å². The first-order valence-corrected chi connectivity index (χ1v) is 13.5. The Kier molecular flexibility index (Phi) is 8.65. The minimum absolute atomic E-state index is 0.0161. The predicted octanol–water partition coefficient (Wildman–Crippen LogP) is 5.91. The Morgan fingerprint density at radius 2 is 1.79 bits per heavy atom. The van der Waals surface area contributed by atoms with Crippen molar-refractivity contribution >= 4 is 73.8 Å². The molecule has 0 aromatic heterocycles. The normalized spacial score (nSPS) is 14.4. The smallest absolute Gasteiger partial charge is 0.335 e. The number of imide groups is 2. The Morgan fingerprint density at radius 1 is 1.08 bits per heavy atom. The summed E-state index contributed by atoms with van der Waals surface area (Å²) in [5.74, 6) is -0.721. The van der Waals surface area contributed by atoms with Crippen LogP contribution in [0, 0.1) is 20.6 Å². The SMILES string of the molecule is CCOc1cc(/C=C2/C(=O)NC(=O)N(c3ccc(Br)cc3C)C2=O)cc(I)c1OCc1ccc([N+](=O)[O-])cc1. The molecule has 0 spiro atoms. The van der Waals surface area contributed by atoms with E-state index in [0.29, 0.717) is 38.5 Å². The van der Waals surface area contributed by atoms with Gasteiger partial charge < -0.3 is 9.47 Å². The second-order valence-corrected chi connectivity index (χ2v) is 10.4. The molecule has 39 heavy (non-hydrogen) atoms. The molecule has 200 valence electrons. The second-order valence-electron chi connectivity index (χ2n) is 8.36. The van der Waals surface area contributed by atoms with Crippen LogP contribution in [0.3, 0.4) is 0 Å². The van der Waals surface area contributed by atoms with Gasteiger partial charge in [-0.25, -0.2) is 9.69 Å². The predicted molar refractivity (Wildman–Crippen MR) is 156 cm³/mol. The van der Waals surface area contributed by atoms with Gasteiger partial charge in [-0.3, -0.25) is 25.0 Å². The Balaban J connectivity index is 1.64. The standard InChI is InChI=1S/C27H21BrIN3O7/c1-3-38-23-13-17(12-21(29)24(23)39-14-16-4-7-19(8-5-16)32(36)37)11-20-25(33)30-27(35)31(26(20)34)22-9-6-18(28)10-15(22)2/h4-13H,3,14H2,1-2H3,(H,30,33,35)/b20-11-. The molecule has 1 heterocycles. The number of rotatable bonds is 8. The zero-order valence-electron chi connectivity index (χ0n) is 20.7. The van der Waals surface area contributed by atoms with Crippen LogP contribution in [-0.2, 0) is 16.2 Å². The van der Waals surface area contributed by atoms with Gasteiger partial charge in [0.05, 0.1) is 20.8 Å². The summed E-state index contributed by atoms with van der Waals surface area (Å²) in [7, 11) is 0. The molecule has 4 rings (SSSR count). The van der Waals surface area contributed by atoms with E-state index in [-0.39, 0.29) is 17.9 Å². The van der Waals surface area contributed by atoms with Gasteiger partial charge in [0.2, 0.25) is 0 Å². The Labute approximate surface area is 245 Å². The minimum Gasteiger partial charge on any atom is -0.490 e. The van der Waals surface area contributed by atoms with Gasteiger partial charge in [-0.2, -0.15) is 0 Å². The zero-order valence-corrected chi connectivity index (χ0v) is 24.4. The average Bonchev–Trinajstić information content (AvgIpc) is 2.87. The molecular formula is C27H21BrIN3O7. The molecule has 0 unspecified atom stereocenters. The number of anilines is 1. The summed E-state index contributed by atoms with van der Waals surface area (Å²) in [4.78, 5) is 50.0. The topological polar surface area (TPSA) is 128 Å². The Morgan fingerprint density at radius 3 is 2.44 bits per heavy atom. The van der Waals surface area contributed by atoms with E-state index in [1.807, 2.05) is 0 Å². The first-order valence-electron chi connectivity index (χ1n) is 11.6. The summed E-state index contributed by atoms with van der Waals surface area (Å²) in [6.45, 7) is 4.03. The van der Waals surface area contributed by atoms with Crippen LogP contribution >= 0.6 is 38.5 Å². The maximum atomic E-state index is 13.3. The number of nitro groups is 1. The lowest BCUT2D eigenvalue weighted by Crippen LogP contribution is -2.54.